The molecule has 2 aromatic carbocycles. The fraction of sp³-hybridized carbons (Fsp3) is 0.240. The average molecular weight is 482 g/mol. The van der Waals surface area contributed by atoms with Gasteiger partial charge in [-0.1, -0.05) is 48.4 Å². The minimum atomic E-state index is -0.186. The molecule has 0 aliphatic rings. The van der Waals surface area contributed by atoms with Crippen LogP contribution in [0.25, 0.3) is 10.2 Å². The smallest absolute Gasteiger partial charge is 0.260 e. The molecule has 0 atom stereocenters. The van der Waals surface area contributed by atoms with E-state index in [1.807, 2.05) is 24.3 Å². The lowest BCUT2D eigenvalue weighted by atomic mass is 10.1. The van der Waals surface area contributed by atoms with E-state index >= 15 is 0 Å². The van der Waals surface area contributed by atoms with E-state index in [0.29, 0.717) is 45.9 Å². The van der Waals surface area contributed by atoms with Crippen molar-refractivity contribution in [3.8, 4) is 11.5 Å². The number of nitrogens with zero attached hydrogens (tertiary/aromatic N) is 3. The van der Waals surface area contributed by atoms with Gasteiger partial charge in [-0.25, -0.2) is 4.98 Å². The maximum absolute atomic E-state index is 13.7. The Kier molecular flexibility index (Phi) is 7.42. The van der Waals surface area contributed by atoms with Crippen molar-refractivity contribution in [2.45, 2.75) is 26.3 Å². The van der Waals surface area contributed by atoms with Gasteiger partial charge in [-0.15, -0.1) is 0 Å². The number of halogens is 1. The van der Waals surface area contributed by atoms with E-state index in [0.717, 1.165) is 23.1 Å². The standard InChI is InChI=1S/C25H24ClN3O3S/c1-3-4-13-32-19-9-5-8-18(14-19)24(30)29(16-17-7-6-12-27-15-17)25-28-22-21(31-2)11-10-20(26)23(22)33-25/h5-12,14-15H,3-4,13,16H2,1-2H3. The number of rotatable bonds is 9. The first-order valence-electron chi connectivity index (χ1n) is 10.7. The maximum Gasteiger partial charge on any atom is 0.260 e. The molecule has 0 saturated heterocycles. The van der Waals surface area contributed by atoms with Crippen molar-refractivity contribution in [2.75, 3.05) is 18.6 Å². The summed E-state index contributed by atoms with van der Waals surface area (Å²) in [4.78, 5) is 24.3. The Bertz CT molecular complexity index is 1250. The monoisotopic (exact) mass is 481 g/mol. The summed E-state index contributed by atoms with van der Waals surface area (Å²) in [6.45, 7) is 3.04. The number of aromatic nitrogens is 2. The fourth-order valence-corrected chi connectivity index (χ4v) is 4.58. The van der Waals surface area contributed by atoms with Gasteiger partial charge in [0.05, 0.1) is 30.0 Å². The molecule has 6 nitrogen and oxygen atoms in total. The summed E-state index contributed by atoms with van der Waals surface area (Å²) >= 11 is 7.78. The van der Waals surface area contributed by atoms with E-state index < -0.39 is 0 Å². The number of thiazole rings is 1. The zero-order valence-electron chi connectivity index (χ0n) is 18.5. The van der Waals surface area contributed by atoms with Crippen molar-refractivity contribution in [3.05, 3.63) is 77.1 Å². The summed E-state index contributed by atoms with van der Waals surface area (Å²) in [5.41, 5.74) is 2.04. The molecule has 0 N–H and O–H groups in total. The quantitative estimate of drug-likeness (QED) is 0.259. The SMILES string of the molecule is CCCCOc1cccc(C(=O)N(Cc2cccnc2)c2nc3c(OC)ccc(Cl)c3s2)c1. The Morgan fingerprint density at radius 2 is 2.06 bits per heavy atom. The Hall–Kier alpha value is -3.16. The lowest BCUT2D eigenvalue weighted by Gasteiger charge is -2.20. The number of amides is 1. The molecule has 0 saturated carbocycles. The summed E-state index contributed by atoms with van der Waals surface area (Å²) in [5, 5.41) is 1.09. The Labute approximate surface area is 201 Å². The summed E-state index contributed by atoms with van der Waals surface area (Å²) < 4.78 is 12.0. The van der Waals surface area contributed by atoms with E-state index in [1.54, 1.807) is 48.7 Å². The van der Waals surface area contributed by atoms with Gasteiger partial charge in [0, 0.05) is 18.0 Å². The summed E-state index contributed by atoms with van der Waals surface area (Å²) in [7, 11) is 1.59. The average Bonchev–Trinajstić information content (AvgIpc) is 3.30. The summed E-state index contributed by atoms with van der Waals surface area (Å²) in [6.07, 6.45) is 5.45. The first-order chi connectivity index (χ1) is 16.1. The predicted molar refractivity (Wildman–Crippen MR) is 133 cm³/mol. The van der Waals surface area contributed by atoms with Crippen molar-refractivity contribution >= 4 is 44.2 Å². The molecule has 170 valence electrons. The zero-order valence-corrected chi connectivity index (χ0v) is 20.0. The highest BCUT2D eigenvalue weighted by molar-refractivity contribution is 7.23. The van der Waals surface area contributed by atoms with E-state index in [9.17, 15) is 4.79 Å². The number of carbonyl (C=O) groups is 1. The Morgan fingerprint density at radius 1 is 1.18 bits per heavy atom. The number of anilines is 1. The highest BCUT2D eigenvalue weighted by Crippen LogP contribution is 2.39. The highest BCUT2D eigenvalue weighted by Gasteiger charge is 2.24. The first-order valence-corrected chi connectivity index (χ1v) is 11.9. The number of benzene rings is 2. The lowest BCUT2D eigenvalue weighted by Crippen LogP contribution is -2.30. The van der Waals surface area contributed by atoms with Gasteiger partial charge >= 0.3 is 0 Å². The molecular formula is C25H24ClN3O3S. The molecule has 0 bridgehead atoms. The Balaban J connectivity index is 1.73. The van der Waals surface area contributed by atoms with Gasteiger partial charge in [0.2, 0.25) is 0 Å². The van der Waals surface area contributed by atoms with Gasteiger partial charge < -0.3 is 9.47 Å². The van der Waals surface area contributed by atoms with Crippen LogP contribution in [0.2, 0.25) is 5.02 Å². The molecule has 2 aromatic heterocycles. The molecule has 0 aliphatic carbocycles. The fourth-order valence-electron chi connectivity index (χ4n) is 3.33. The van der Waals surface area contributed by atoms with Crippen LogP contribution in [0, 0.1) is 0 Å². The molecule has 8 heteroatoms. The topological polar surface area (TPSA) is 64.5 Å². The normalized spacial score (nSPS) is 10.9. The number of fused-ring (bicyclic) bond motifs is 1. The number of pyridine rings is 1. The minimum Gasteiger partial charge on any atom is -0.494 e. The maximum atomic E-state index is 13.7. The number of methoxy groups -OCH3 is 1. The second kappa shape index (κ2) is 10.6. The molecule has 0 unspecified atom stereocenters. The molecule has 2 heterocycles. The van der Waals surface area contributed by atoms with Gasteiger partial charge in [-0.3, -0.25) is 14.7 Å². The largest absolute Gasteiger partial charge is 0.494 e. The molecule has 1 amide bonds. The summed E-state index contributed by atoms with van der Waals surface area (Å²) in [6, 6.07) is 14.6. The van der Waals surface area contributed by atoms with Crippen molar-refractivity contribution in [3.63, 3.8) is 0 Å². The molecule has 0 aliphatic heterocycles. The second-order valence-electron chi connectivity index (χ2n) is 7.41. The van der Waals surface area contributed by atoms with Crippen LogP contribution in [-0.4, -0.2) is 29.6 Å². The lowest BCUT2D eigenvalue weighted by molar-refractivity contribution is 0.0984. The van der Waals surface area contributed by atoms with Crippen molar-refractivity contribution < 1.29 is 14.3 Å². The third-order valence-electron chi connectivity index (χ3n) is 5.05. The number of carbonyl (C=O) groups excluding carboxylic acids is 1. The van der Waals surface area contributed by atoms with E-state index in [-0.39, 0.29) is 5.91 Å². The van der Waals surface area contributed by atoms with E-state index in [1.165, 1.54) is 11.3 Å². The van der Waals surface area contributed by atoms with Crippen LogP contribution in [0.5, 0.6) is 11.5 Å². The van der Waals surface area contributed by atoms with Gasteiger partial charge in [-0.05, 0) is 48.4 Å². The molecule has 4 rings (SSSR count). The number of unbranched alkanes of at least 4 members (excludes halogenated alkanes) is 1. The van der Waals surface area contributed by atoms with Gasteiger partial charge in [0.15, 0.2) is 5.13 Å². The molecule has 33 heavy (non-hydrogen) atoms. The number of hydrogen-bond donors (Lipinski definition) is 0. The van der Waals surface area contributed by atoms with E-state index in [2.05, 4.69) is 11.9 Å². The number of hydrogen-bond acceptors (Lipinski definition) is 6. The first kappa shape index (κ1) is 23.0. The molecular weight excluding hydrogens is 458 g/mol. The van der Waals surface area contributed by atoms with Crippen LogP contribution in [0.4, 0.5) is 5.13 Å². The van der Waals surface area contributed by atoms with Crippen LogP contribution >= 0.6 is 22.9 Å². The van der Waals surface area contributed by atoms with Gasteiger partial charge in [0.25, 0.3) is 5.91 Å². The van der Waals surface area contributed by atoms with Gasteiger partial charge in [0.1, 0.15) is 17.0 Å². The zero-order chi connectivity index (χ0) is 23.2. The minimum absolute atomic E-state index is 0.186. The highest BCUT2D eigenvalue weighted by atomic mass is 35.5. The molecule has 0 fully saturated rings. The summed E-state index contributed by atoms with van der Waals surface area (Å²) in [5.74, 6) is 1.09. The number of ether oxygens (including phenoxy) is 2. The van der Waals surface area contributed by atoms with Crippen LogP contribution in [0.15, 0.2) is 60.9 Å². The van der Waals surface area contributed by atoms with Gasteiger partial charge in [-0.2, -0.15) is 0 Å². The van der Waals surface area contributed by atoms with Crippen LogP contribution < -0.4 is 14.4 Å². The molecule has 0 radical (unpaired) electrons. The van der Waals surface area contributed by atoms with Crippen molar-refractivity contribution in [2.24, 2.45) is 0 Å². The third-order valence-corrected chi connectivity index (χ3v) is 6.59. The Morgan fingerprint density at radius 3 is 2.82 bits per heavy atom. The van der Waals surface area contributed by atoms with Crippen molar-refractivity contribution in [1.82, 2.24) is 9.97 Å². The van der Waals surface area contributed by atoms with E-state index in [4.69, 9.17) is 26.1 Å². The van der Waals surface area contributed by atoms with Crippen LogP contribution in [0.3, 0.4) is 0 Å². The van der Waals surface area contributed by atoms with Crippen LogP contribution in [0.1, 0.15) is 35.7 Å². The molecule has 4 aromatic rings. The molecule has 0 spiro atoms. The second-order valence-corrected chi connectivity index (χ2v) is 8.79. The third kappa shape index (κ3) is 5.26. The van der Waals surface area contributed by atoms with Crippen LogP contribution in [-0.2, 0) is 6.54 Å². The predicted octanol–water partition coefficient (Wildman–Crippen LogP) is 6.38. The van der Waals surface area contributed by atoms with Crippen molar-refractivity contribution in [1.29, 1.82) is 0 Å².